The maximum absolute atomic E-state index is 12.6. The molecule has 2 heterocycles. The van der Waals surface area contributed by atoms with Crippen molar-refractivity contribution in [2.45, 2.75) is 19.1 Å². The van der Waals surface area contributed by atoms with E-state index < -0.39 is 5.97 Å². The number of amides is 1. The highest BCUT2D eigenvalue weighted by atomic mass is 32.2. The average molecular weight is 315 g/mol. The summed E-state index contributed by atoms with van der Waals surface area (Å²) in [7, 11) is 1.59. The Kier molecular flexibility index (Phi) is 5.45. The van der Waals surface area contributed by atoms with E-state index in [1.165, 1.54) is 11.3 Å². The molecule has 1 N–H and O–H groups in total. The van der Waals surface area contributed by atoms with Crippen LogP contribution in [0.3, 0.4) is 0 Å². The van der Waals surface area contributed by atoms with Crippen LogP contribution in [0, 0.1) is 0 Å². The van der Waals surface area contributed by atoms with Crippen LogP contribution < -0.4 is 0 Å². The van der Waals surface area contributed by atoms with Crippen molar-refractivity contribution in [3.05, 3.63) is 21.9 Å². The van der Waals surface area contributed by atoms with Crippen molar-refractivity contribution in [3.8, 4) is 0 Å². The molecule has 1 saturated heterocycles. The molecule has 5 nitrogen and oxygen atoms in total. The number of hydrogen-bond donors (Lipinski definition) is 1. The Morgan fingerprint density at radius 3 is 3.05 bits per heavy atom. The number of aliphatic carboxylic acids is 1. The molecule has 1 aliphatic heterocycles. The molecule has 7 heteroatoms. The smallest absolute Gasteiger partial charge is 0.305 e. The van der Waals surface area contributed by atoms with Crippen molar-refractivity contribution < 1.29 is 19.4 Å². The van der Waals surface area contributed by atoms with E-state index in [-0.39, 0.29) is 18.4 Å². The summed E-state index contributed by atoms with van der Waals surface area (Å²) in [6.07, 6.45) is 0.00370. The summed E-state index contributed by atoms with van der Waals surface area (Å²) >= 11 is 3.09. The zero-order valence-corrected chi connectivity index (χ0v) is 12.8. The topological polar surface area (TPSA) is 66.8 Å². The molecule has 1 aliphatic rings. The fourth-order valence-corrected chi connectivity index (χ4v) is 4.14. The van der Waals surface area contributed by atoms with E-state index in [0.717, 1.165) is 11.3 Å². The van der Waals surface area contributed by atoms with Gasteiger partial charge in [-0.15, -0.1) is 11.3 Å². The number of nitrogens with zero attached hydrogens (tertiary/aromatic N) is 1. The number of hydrogen-bond acceptors (Lipinski definition) is 5. The van der Waals surface area contributed by atoms with Crippen molar-refractivity contribution in [3.63, 3.8) is 0 Å². The Balaban J connectivity index is 2.16. The van der Waals surface area contributed by atoms with Gasteiger partial charge in [-0.25, -0.2) is 0 Å². The van der Waals surface area contributed by atoms with Crippen LogP contribution in [0.2, 0.25) is 0 Å². The number of carboxylic acids is 1. The van der Waals surface area contributed by atoms with Gasteiger partial charge in [-0.2, -0.15) is 11.8 Å². The lowest BCUT2D eigenvalue weighted by Crippen LogP contribution is -2.47. The minimum Gasteiger partial charge on any atom is -0.481 e. The van der Waals surface area contributed by atoms with Crippen LogP contribution in [0.5, 0.6) is 0 Å². The predicted molar refractivity (Wildman–Crippen MR) is 79.4 cm³/mol. The van der Waals surface area contributed by atoms with Crippen LogP contribution in [0.15, 0.2) is 11.4 Å². The molecule has 0 radical (unpaired) electrons. The highest BCUT2D eigenvalue weighted by molar-refractivity contribution is 7.99. The largest absolute Gasteiger partial charge is 0.481 e. The third-order valence-electron chi connectivity index (χ3n) is 3.14. The average Bonchev–Trinajstić information content (AvgIpc) is 2.86. The number of thiophene rings is 1. The molecule has 0 aromatic carbocycles. The zero-order chi connectivity index (χ0) is 14.5. The summed E-state index contributed by atoms with van der Waals surface area (Å²) in [5.41, 5.74) is 0.870. The Bertz CT molecular complexity index is 488. The van der Waals surface area contributed by atoms with Gasteiger partial charge in [0.25, 0.3) is 5.91 Å². The normalized spacial score (nSPS) is 19.1. The molecule has 1 aromatic rings. The number of ether oxygens (including phenoxy) is 1. The highest BCUT2D eigenvalue weighted by Crippen LogP contribution is 2.25. The molecular weight excluding hydrogens is 298 g/mol. The van der Waals surface area contributed by atoms with E-state index in [1.807, 2.05) is 11.4 Å². The van der Waals surface area contributed by atoms with Crippen LogP contribution in [-0.2, 0) is 16.1 Å². The third kappa shape index (κ3) is 3.53. The summed E-state index contributed by atoms with van der Waals surface area (Å²) in [5.74, 6) is 0.604. The molecule has 0 aliphatic carbocycles. The first kappa shape index (κ1) is 15.3. The van der Waals surface area contributed by atoms with E-state index in [1.54, 1.807) is 23.8 Å². The molecular formula is C13H17NO4S2. The minimum absolute atomic E-state index is 0.00370. The molecule has 0 saturated carbocycles. The summed E-state index contributed by atoms with van der Waals surface area (Å²) < 4.78 is 5.09. The van der Waals surface area contributed by atoms with Gasteiger partial charge >= 0.3 is 5.97 Å². The molecule has 1 unspecified atom stereocenters. The highest BCUT2D eigenvalue weighted by Gasteiger charge is 2.31. The van der Waals surface area contributed by atoms with E-state index in [4.69, 9.17) is 9.84 Å². The zero-order valence-electron chi connectivity index (χ0n) is 11.2. The second kappa shape index (κ2) is 7.10. The number of methoxy groups -OCH3 is 1. The lowest BCUT2D eigenvalue weighted by Gasteiger charge is -2.34. The molecule has 2 rings (SSSR count). The standard InChI is InChI=1S/C13H17NO4S2/c1-18-7-9-2-4-20-12(9)13(17)14-3-5-19-8-10(14)6-11(15)16/h2,4,10H,3,5-8H2,1H3,(H,15,16). The summed E-state index contributed by atoms with van der Waals surface area (Å²) in [4.78, 5) is 25.9. The maximum atomic E-state index is 12.6. The Labute approximate surface area is 125 Å². The number of rotatable bonds is 5. The van der Waals surface area contributed by atoms with E-state index >= 15 is 0 Å². The molecule has 1 fully saturated rings. The van der Waals surface area contributed by atoms with E-state index in [9.17, 15) is 9.59 Å². The van der Waals surface area contributed by atoms with Gasteiger partial charge < -0.3 is 14.7 Å². The summed E-state index contributed by atoms with van der Waals surface area (Å²) in [5, 5.41) is 10.8. The Morgan fingerprint density at radius 2 is 2.35 bits per heavy atom. The molecule has 110 valence electrons. The molecule has 0 bridgehead atoms. The molecule has 0 spiro atoms. The van der Waals surface area contributed by atoms with Gasteiger partial charge in [-0.05, 0) is 11.4 Å². The first-order valence-corrected chi connectivity index (χ1v) is 8.32. The Morgan fingerprint density at radius 1 is 1.55 bits per heavy atom. The van der Waals surface area contributed by atoms with Gasteiger partial charge in [-0.1, -0.05) is 0 Å². The third-order valence-corrected chi connectivity index (χ3v) is 5.18. The Hall–Kier alpha value is -1.05. The number of carbonyl (C=O) groups is 2. The lowest BCUT2D eigenvalue weighted by molar-refractivity contribution is -0.138. The second-order valence-electron chi connectivity index (χ2n) is 4.53. The van der Waals surface area contributed by atoms with Crippen molar-refractivity contribution in [1.82, 2.24) is 4.90 Å². The van der Waals surface area contributed by atoms with Gasteiger partial charge in [-0.3, -0.25) is 9.59 Å². The van der Waals surface area contributed by atoms with Gasteiger partial charge in [0, 0.05) is 30.7 Å². The van der Waals surface area contributed by atoms with Crippen molar-refractivity contribution >= 4 is 35.0 Å². The van der Waals surface area contributed by atoms with Gasteiger partial charge in [0.15, 0.2) is 0 Å². The minimum atomic E-state index is -0.862. The van der Waals surface area contributed by atoms with E-state index in [2.05, 4.69) is 0 Å². The van der Waals surface area contributed by atoms with E-state index in [0.29, 0.717) is 23.8 Å². The molecule has 1 atom stereocenters. The predicted octanol–water partition coefficient (Wildman–Crippen LogP) is 1.93. The number of thioether (sulfide) groups is 1. The van der Waals surface area contributed by atoms with Crippen LogP contribution >= 0.6 is 23.1 Å². The molecule has 20 heavy (non-hydrogen) atoms. The lowest BCUT2D eigenvalue weighted by atomic mass is 10.1. The van der Waals surface area contributed by atoms with Gasteiger partial charge in [0.05, 0.1) is 23.9 Å². The summed E-state index contributed by atoms with van der Waals surface area (Å²) in [6, 6.07) is 1.66. The van der Waals surface area contributed by atoms with Crippen LogP contribution in [0.25, 0.3) is 0 Å². The fourth-order valence-electron chi connectivity index (χ4n) is 2.22. The van der Waals surface area contributed by atoms with Crippen molar-refractivity contribution in [2.24, 2.45) is 0 Å². The maximum Gasteiger partial charge on any atom is 0.305 e. The first-order chi connectivity index (χ1) is 9.63. The van der Waals surface area contributed by atoms with Gasteiger partial charge in [0.1, 0.15) is 0 Å². The molecule has 1 aromatic heterocycles. The quantitative estimate of drug-likeness (QED) is 0.899. The SMILES string of the molecule is COCc1ccsc1C(=O)N1CCSCC1CC(=O)O. The molecule has 1 amide bonds. The summed E-state index contributed by atoms with van der Waals surface area (Å²) in [6.45, 7) is 1.00. The fraction of sp³-hybridized carbons (Fsp3) is 0.538. The van der Waals surface area contributed by atoms with Gasteiger partial charge in [0.2, 0.25) is 0 Å². The first-order valence-electron chi connectivity index (χ1n) is 6.29. The van der Waals surface area contributed by atoms with Crippen LogP contribution in [-0.4, -0.2) is 53.1 Å². The second-order valence-corrected chi connectivity index (χ2v) is 6.60. The van der Waals surface area contributed by atoms with Crippen LogP contribution in [0.4, 0.5) is 0 Å². The number of carboxylic acid groups (broad SMARTS) is 1. The number of carbonyl (C=O) groups excluding carboxylic acids is 1. The van der Waals surface area contributed by atoms with Crippen LogP contribution in [0.1, 0.15) is 21.7 Å². The van der Waals surface area contributed by atoms with Crippen molar-refractivity contribution in [2.75, 3.05) is 25.2 Å². The van der Waals surface area contributed by atoms with Crippen molar-refractivity contribution in [1.29, 1.82) is 0 Å². The monoisotopic (exact) mass is 315 g/mol.